The molecule has 1 aromatic rings. The maximum absolute atomic E-state index is 12.9. The van der Waals surface area contributed by atoms with Crippen LogP contribution in [-0.2, 0) is 15.0 Å². The van der Waals surface area contributed by atoms with Crippen LogP contribution >= 0.6 is 0 Å². The number of carbonyl (C=O) groups is 3. The molecule has 0 saturated heterocycles. The molecular weight excluding hydrogens is 332 g/mol. The van der Waals surface area contributed by atoms with Crippen molar-refractivity contribution in [1.29, 1.82) is 0 Å². The van der Waals surface area contributed by atoms with E-state index in [9.17, 15) is 14.4 Å². The maximum Gasteiger partial charge on any atom is 0.308 e. The summed E-state index contributed by atoms with van der Waals surface area (Å²) in [5.74, 6) is -0.411. The van der Waals surface area contributed by atoms with Gasteiger partial charge in [0.25, 0.3) is 0 Å². The zero-order chi connectivity index (χ0) is 19.3. The lowest BCUT2D eigenvalue weighted by atomic mass is 9.50. The summed E-state index contributed by atoms with van der Waals surface area (Å²) in [6.07, 6.45) is 3.65. The smallest absolute Gasteiger partial charge is 0.308 e. The number of Topliss-reactive ketones (excluding diaryl/α,β-unsaturated/α-hetero) is 1. The van der Waals surface area contributed by atoms with Crippen LogP contribution in [0.25, 0.3) is 0 Å². The molecular formula is C21H26O5. The molecule has 26 heavy (non-hydrogen) atoms. The minimum absolute atomic E-state index is 0.0558. The van der Waals surface area contributed by atoms with Crippen LogP contribution in [0.15, 0.2) is 12.1 Å². The van der Waals surface area contributed by atoms with Crippen LogP contribution in [0.2, 0.25) is 0 Å². The third kappa shape index (κ3) is 3.04. The topological polar surface area (TPSA) is 69.7 Å². The Balaban J connectivity index is 2.19. The van der Waals surface area contributed by atoms with Crippen LogP contribution < -0.4 is 9.47 Å². The summed E-state index contributed by atoms with van der Waals surface area (Å²) in [6, 6.07) is 3.31. The van der Waals surface area contributed by atoms with Crippen LogP contribution in [0, 0.1) is 11.3 Å². The molecule has 0 radical (unpaired) electrons. The molecule has 0 aliphatic heterocycles. The van der Waals surface area contributed by atoms with Crippen molar-refractivity contribution in [3.63, 3.8) is 0 Å². The molecule has 3 rings (SSSR count). The van der Waals surface area contributed by atoms with E-state index in [0.29, 0.717) is 12.0 Å². The highest BCUT2D eigenvalue weighted by Crippen LogP contribution is 2.58. The van der Waals surface area contributed by atoms with Gasteiger partial charge >= 0.3 is 11.9 Å². The fourth-order valence-electron chi connectivity index (χ4n) is 4.97. The van der Waals surface area contributed by atoms with Gasteiger partial charge in [0.15, 0.2) is 17.3 Å². The predicted molar refractivity (Wildman–Crippen MR) is 96.5 cm³/mol. The second-order valence-corrected chi connectivity index (χ2v) is 8.47. The molecule has 0 heterocycles. The summed E-state index contributed by atoms with van der Waals surface area (Å²) in [5.41, 5.74) is 1.37. The summed E-state index contributed by atoms with van der Waals surface area (Å²) in [5, 5.41) is 0. The van der Waals surface area contributed by atoms with E-state index in [1.807, 2.05) is 0 Å². The molecule has 0 amide bonds. The Kier molecular flexibility index (Phi) is 4.45. The van der Waals surface area contributed by atoms with Crippen molar-refractivity contribution in [1.82, 2.24) is 0 Å². The minimum atomic E-state index is -0.524. The third-order valence-corrected chi connectivity index (χ3v) is 6.13. The van der Waals surface area contributed by atoms with Crippen molar-refractivity contribution in [3.8, 4) is 11.5 Å². The Bertz CT molecular complexity index is 792. The van der Waals surface area contributed by atoms with Crippen molar-refractivity contribution in [2.24, 2.45) is 11.3 Å². The molecule has 5 heteroatoms. The molecule has 1 saturated carbocycles. The van der Waals surface area contributed by atoms with Crippen LogP contribution in [0.3, 0.4) is 0 Å². The van der Waals surface area contributed by atoms with Gasteiger partial charge in [0.05, 0.1) is 0 Å². The Morgan fingerprint density at radius 1 is 1.00 bits per heavy atom. The van der Waals surface area contributed by atoms with E-state index in [-0.39, 0.29) is 34.0 Å². The fraction of sp³-hybridized carbons (Fsp3) is 0.571. The number of rotatable bonds is 2. The molecule has 2 unspecified atom stereocenters. The minimum Gasteiger partial charge on any atom is -0.423 e. The molecule has 5 nitrogen and oxygen atoms in total. The zero-order valence-electron chi connectivity index (χ0n) is 16.1. The van der Waals surface area contributed by atoms with Gasteiger partial charge in [-0.05, 0) is 47.3 Å². The van der Waals surface area contributed by atoms with Crippen molar-refractivity contribution in [2.45, 2.75) is 65.7 Å². The Morgan fingerprint density at radius 3 is 2.15 bits per heavy atom. The predicted octanol–water partition coefficient (Wildman–Crippen LogP) is 4.21. The number of hydrogen-bond acceptors (Lipinski definition) is 5. The van der Waals surface area contributed by atoms with Gasteiger partial charge in [-0.15, -0.1) is 0 Å². The highest BCUT2D eigenvalue weighted by Gasteiger charge is 2.52. The number of ether oxygens (including phenoxy) is 2. The summed E-state index contributed by atoms with van der Waals surface area (Å²) in [4.78, 5) is 35.8. The highest BCUT2D eigenvalue weighted by atomic mass is 16.6. The van der Waals surface area contributed by atoms with Crippen LogP contribution in [0.5, 0.6) is 11.5 Å². The van der Waals surface area contributed by atoms with Gasteiger partial charge in [0.1, 0.15) is 0 Å². The van der Waals surface area contributed by atoms with E-state index in [2.05, 4.69) is 20.8 Å². The molecule has 1 aromatic carbocycles. The first-order chi connectivity index (χ1) is 12.0. The summed E-state index contributed by atoms with van der Waals surface area (Å²) < 4.78 is 10.5. The van der Waals surface area contributed by atoms with E-state index < -0.39 is 11.9 Å². The maximum atomic E-state index is 12.9. The standard InChI is InChI=1S/C21H26O5/c1-12(22)25-17-9-14-15(10-18(17)26-13(2)23)21(5)8-6-7-20(3,4)19(21)11-16(14)24/h9-10,19H,6-8,11H2,1-5H3. The van der Waals surface area contributed by atoms with Gasteiger partial charge in [-0.1, -0.05) is 27.2 Å². The van der Waals surface area contributed by atoms with Gasteiger partial charge in [-0.25, -0.2) is 0 Å². The third-order valence-electron chi connectivity index (χ3n) is 6.13. The molecule has 0 aromatic heterocycles. The van der Waals surface area contributed by atoms with E-state index in [1.54, 1.807) is 12.1 Å². The van der Waals surface area contributed by atoms with E-state index in [0.717, 1.165) is 24.8 Å². The first-order valence-corrected chi connectivity index (χ1v) is 9.13. The first kappa shape index (κ1) is 18.6. The zero-order valence-corrected chi connectivity index (χ0v) is 16.1. The quantitative estimate of drug-likeness (QED) is 0.585. The van der Waals surface area contributed by atoms with Gasteiger partial charge < -0.3 is 9.47 Å². The molecule has 2 atom stereocenters. The van der Waals surface area contributed by atoms with Gasteiger partial charge in [0.2, 0.25) is 0 Å². The molecule has 2 aliphatic carbocycles. The number of ketones is 1. The van der Waals surface area contributed by atoms with E-state index >= 15 is 0 Å². The van der Waals surface area contributed by atoms with E-state index in [1.165, 1.54) is 13.8 Å². The Hall–Kier alpha value is -2.17. The van der Waals surface area contributed by atoms with Crippen LogP contribution in [0.1, 0.15) is 76.2 Å². The molecule has 0 bridgehead atoms. The fourth-order valence-corrected chi connectivity index (χ4v) is 4.97. The molecule has 140 valence electrons. The monoisotopic (exact) mass is 358 g/mol. The average Bonchev–Trinajstić information content (AvgIpc) is 2.50. The number of benzene rings is 1. The van der Waals surface area contributed by atoms with Crippen LogP contribution in [0.4, 0.5) is 0 Å². The summed E-state index contributed by atoms with van der Waals surface area (Å²) in [7, 11) is 0. The molecule has 0 spiro atoms. The second-order valence-electron chi connectivity index (χ2n) is 8.47. The van der Waals surface area contributed by atoms with E-state index in [4.69, 9.17) is 9.47 Å². The van der Waals surface area contributed by atoms with Gasteiger partial charge in [-0.3, -0.25) is 14.4 Å². The van der Waals surface area contributed by atoms with Crippen molar-refractivity contribution < 1.29 is 23.9 Å². The number of fused-ring (bicyclic) bond motifs is 3. The highest BCUT2D eigenvalue weighted by molar-refractivity contribution is 6.00. The van der Waals surface area contributed by atoms with Gasteiger partial charge in [-0.2, -0.15) is 0 Å². The Morgan fingerprint density at radius 2 is 1.58 bits per heavy atom. The summed E-state index contributed by atoms with van der Waals surface area (Å²) in [6.45, 7) is 9.24. The second kappa shape index (κ2) is 6.22. The Labute approximate surface area is 154 Å². The lowest BCUT2D eigenvalue weighted by Crippen LogP contribution is -2.49. The average molecular weight is 358 g/mol. The number of carbonyl (C=O) groups excluding carboxylic acids is 3. The lowest BCUT2D eigenvalue weighted by molar-refractivity contribution is -0.134. The van der Waals surface area contributed by atoms with Crippen molar-refractivity contribution in [3.05, 3.63) is 23.3 Å². The van der Waals surface area contributed by atoms with Gasteiger partial charge in [0, 0.05) is 25.8 Å². The number of hydrogen-bond donors (Lipinski definition) is 0. The lowest BCUT2D eigenvalue weighted by Gasteiger charge is -2.53. The summed E-state index contributed by atoms with van der Waals surface area (Å²) >= 11 is 0. The SMILES string of the molecule is CC(=O)Oc1cc2c(cc1OC(C)=O)C1(C)CCCC(C)(C)C1CC2=O. The largest absolute Gasteiger partial charge is 0.423 e. The molecule has 2 aliphatic rings. The molecule has 0 N–H and O–H groups in total. The van der Waals surface area contributed by atoms with Crippen molar-refractivity contribution in [2.75, 3.05) is 0 Å². The normalized spacial score (nSPS) is 26.5. The molecule has 1 fully saturated rings. The van der Waals surface area contributed by atoms with Crippen molar-refractivity contribution >= 4 is 17.7 Å². The van der Waals surface area contributed by atoms with Crippen LogP contribution in [-0.4, -0.2) is 17.7 Å². The first-order valence-electron chi connectivity index (χ1n) is 9.13. The number of esters is 2.